The first kappa shape index (κ1) is 10.6. The van der Waals surface area contributed by atoms with Crippen LogP contribution in [-0.2, 0) is 0 Å². The van der Waals surface area contributed by atoms with Gasteiger partial charge in [0.25, 0.3) is 5.91 Å². The fourth-order valence-corrected chi connectivity index (χ4v) is 1.41. The van der Waals surface area contributed by atoms with Crippen molar-refractivity contribution in [1.82, 2.24) is 10.3 Å². The van der Waals surface area contributed by atoms with Crippen molar-refractivity contribution >= 4 is 29.2 Å². The minimum atomic E-state index is -0.0620. The quantitative estimate of drug-likeness (QED) is 0.743. The summed E-state index contributed by atoms with van der Waals surface area (Å²) in [5.74, 6) is -0.0620. The normalized spacial score (nSPS) is 9.50. The molecule has 2 rings (SSSR count). The summed E-state index contributed by atoms with van der Waals surface area (Å²) in [5.41, 5.74) is 1.58. The molecule has 0 radical (unpaired) electrons. The molecule has 1 aromatic carbocycles. The lowest BCUT2D eigenvalue weighted by atomic mass is 10.1. The molecule has 2 N–H and O–H groups in total. The van der Waals surface area contributed by atoms with Crippen molar-refractivity contribution in [1.29, 1.82) is 0 Å². The van der Waals surface area contributed by atoms with Gasteiger partial charge in [0.05, 0.1) is 11.1 Å². The van der Waals surface area contributed by atoms with E-state index in [-0.39, 0.29) is 18.3 Å². The van der Waals surface area contributed by atoms with E-state index in [2.05, 4.69) is 10.3 Å². The number of hydrogen-bond acceptors (Lipinski definition) is 1. The fraction of sp³-hybridized carbons (Fsp3) is 0.100. The average molecular weight is 211 g/mol. The number of H-pyrrole nitrogens is 1. The van der Waals surface area contributed by atoms with Crippen molar-refractivity contribution in [3.63, 3.8) is 0 Å². The third kappa shape index (κ3) is 1.59. The predicted octanol–water partition coefficient (Wildman–Crippen LogP) is 1.95. The first-order valence-electron chi connectivity index (χ1n) is 4.11. The van der Waals surface area contributed by atoms with E-state index in [1.165, 1.54) is 0 Å². The summed E-state index contributed by atoms with van der Waals surface area (Å²) in [6, 6.07) is 7.60. The lowest BCUT2D eigenvalue weighted by Gasteiger charge is -2.00. The minimum absolute atomic E-state index is 0. The molecule has 4 heteroatoms. The Morgan fingerprint density at radius 2 is 2.14 bits per heavy atom. The number of carbonyl (C=O) groups excluding carboxylic acids is 1. The zero-order valence-corrected chi connectivity index (χ0v) is 8.52. The van der Waals surface area contributed by atoms with Gasteiger partial charge in [0.15, 0.2) is 0 Å². The molecule has 0 saturated carbocycles. The molecule has 0 bridgehead atoms. The first-order chi connectivity index (χ1) is 6.33. The third-order valence-corrected chi connectivity index (χ3v) is 2.06. The summed E-state index contributed by atoms with van der Waals surface area (Å²) in [6.07, 6.45) is 1.83. The van der Waals surface area contributed by atoms with E-state index in [9.17, 15) is 4.79 Å². The van der Waals surface area contributed by atoms with Crippen molar-refractivity contribution in [2.45, 2.75) is 0 Å². The first-order valence-corrected chi connectivity index (χ1v) is 4.11. The van der Waals surface area contributed by atoms with E-state index in [4.69, 9.17) is 0 Å². The second kappa shape index (κ2) is 4.15. The van der Waals surface area contributed by atoms with Crippen LogP contribution in [0.3, 0.4) is 0 Å². The Morgan fingerprint density at radius 3 is 2.86 bits per heavy atom. The Labute approximate surface area is 87.9 Å². The number of aromatic nitrogens is 1. The SMILES string of the molecule is CNC(=O)c1cccc2cc[nH]c12.Cl. The Morgan fingerprint density at radius 1 is 1.36 bits per heavy atom. The van der Waals surface area contributed by atoms with Gasteiger partial charge in [-0.15, -0.1) is 12.4 Å². The summed E-state index contributed by atoms with van der Waals surface area (Å²) in [4.78, 5) is 14.4. The lowest BCUT2D eigenvalue weighted by Crippen LogP contribution is -2.17. The van der Waals surface area contributed by atoms with Gasteiger partial charge in [-0.2, -0.15) is 0 Å². The number of para-hydroxylation sites is 1. The molecule has 3 nitrogen and oxygen atoms in total. The van der Waals surface area contributed by atoms with Crippen molar-refractivity contribution in [3.05, 3.63) is 36.0 Å². The van der Waals surface area contributed by atoms with Crippen LogP contribution >= 0.6 is 12.4 Å². The molecule has 2 aromatic rings. The Hall–Kier alpha value is -1.48. The number of rotatable bonds is 1. The van der Waals surface area contributed by atoms with Crippen LogP contribution in [0.1, 0.15) is 10.4 Å². The van der Waals surface area contributed by atoms with Gasteiger partial charge < -0.3 is 10.3 Å². The summed E-state index contributed by atoms with van der Waals surface area (Å²) >= 11 is 0. The molecule has 0 unspecified atom stereocenters. The van der Waals surface area contributed by atoms with Crippen LogP contribution in [0.5, 0.6) is 0 Å². The van der Waals surface area contributed by atoms with Gasteiger partial charge in [-0.25, -0.2) is 0 Å². The van der Waals surface area contributed by atoms with Crippen LogP contribution in [0.4, 0.5) is 0 Å². The second-order valence-corrected chi connectivity index (χ2v) is 2.83. The van der Waals surface area contributed by atoms with Gasteiger partial charge in [-0.05, 0) is 12.1 Å². The molecule has 1 heterocycles. The molecule has 0 fully saturated rings. The standard InChI is InChI=1S/C10H10N2O.ClH/c1-11-10(13)8-4-2-3-7-5-6-12-9(7)8;/h2-6,12H,1H3,(H,11,13);1H. The Kier molecular flexibility index (Phi) is 3.14. The van der Waals surface area contributed by atoms with Crippen LogP contribution < -0.4 is 5.32 Å². The average Bonchev–Trinajstić information content (AvgIpc) is 2.63. The van der Waals surface area contributed by atoms with Crippen molar-refractivity contribution in [3.8, 4) is 0 Å². The molecule has 1 aromatic heterocycles. The number of benzene rings is 1. The van der Waals surface area contributed by atoms with Crippen molar-refractivity contribution < 1.29 is 4.79 Å². The van der Waals surface area contributed by atoms with E-state index in [1.54, 1.807) is 13.1 Å². The summed E-state index contributed by atoms with van der Waals surface area (Å²) in [7, 11) is 1.63. The van der Waals surface area contributed by atoms with Crippen LogP contribution in [0.2, 0.25) is 0 Å². The molecule has 14 heavy (non-hydrogen) atoms. The number of halogens is 1. The van der Waals surface area contributed by atoms with E-state index in [1.807, 2.05) is 24.4 Å². The van der Waals surface area contributed by atoms with Gasteiger partial charge in [0.2, 0.25) is 0 Å². The maximum Gasteiger partial charge on any atom is 0.253 e. The molecule has 0 aliphatic rings. The van der Waals surface area contributed by atoms with E-state index in [0.717, 1.165) is 10.9 Å². The predicted molar refractivity (Wildman–Crippen MR) is 58.9 cm³/mol. The van der Waals surface area contributed by atoms with Crippen LogP contribution in [0.15, 0.2) is 30.5 Å². The number of hydrogen-bond donors (Lipinski definition) is 2. The number of amides is 1. The zero-order valence-electron chi connectivity index (χ0n) is 7.70. The third-order valence-electron chi connectivity index (χ3n) is 2.06. The molecule has 0 aliphatic carbocycles. The number of carbonyl (C=O) groups is 1. The molecule has 1 amide bonds. The number of fused-ring (bicyclic) bond motifs is 1. The van der Waals surface area contributed by atoms with Crippen LogP contribution in [0.25, 0.3) is 10.9 Å². The van der Waals surface area contributed by atoms with Crippen LogP contribution in [-0.4, -0.2) is 17.9 Å². The largest absolute Gasteiger partial charge is 0.361 e. The maximum absolute atomic E-state index is 11.4. The zero-order chi connectivity index (χ0) is 9.26. The Bertz CT molecular complexity index is 450. The number of nitrogens with one attached hydrogen (secondary N) is 2. The molecule has 0 spiro atoms. The smallest absolute Gasteiger partial charge is 0.253 e. The monoisotopic (exact) mass is 210 g/mol. The maximum atomic E-state index is 11.4. The molecular formula is C10H11ClN2O. The minimum Gasteiger partial charge on any atom is -0.361 e. The van der Waals surface area contributed by atoms with Gasteiger partial charge in [-0.3, -0.25) is 4.79 Å². The van der Waals surface area contributed by atoms with Gasteiger partial charge in [-0.1, -0.05) is 12.1 Å². The highest BCUT2D eigenvalue weighted by Crippen LogP contribution is 2.16. The summed E-state index contributed by atoms with van der Waals surface area (Å²) < 4.78 is 0. The number of aromatic amines is 1. The molecule has 0 atom stereocenters. The topological polar surface area (TPSA) is 44.9 Å². The highest BCUT2D eigenvalue weighted by molar-refractivity contribution is 6.05. The molecule has 74 valence electrons. The second-order valence-electron chi connectivity index (χ2n) is 2.83. The molecular weight excluding hydrogens is 200 g/mol. The highest BCUT2D eigenvalue weighted by atomic mass is 35.5. The van der Waals surface area contributed by atoms with Crippen LogP contribution in [0, 0.1) is 0 Å². The Balaban J connectivity index is 0.000000980. The van der Waals surface area contributed by atoms with E-state index < -0.39 is 0 Å². The van der Waals surface area contributed by atoms with Gasteiger partial charge in [0.1, 0.15) is 0 Å². The summed E-state index contributed by atoms with van der Waals surface area (Å²) in [5, 5.41) is 3.66. The highest BCUT2D eigenvalue weighted by Gasteiger charge is 2.07. The van der Waals surface area contributed by atoms with E-state index in [0.29, 0.717) is 5.56 Å². The molecule has 0 aliphatic heterocycles. The van der Waals surface area contributed by atoms with Gasteiger partial charge >= 0.3 is 0 Å². The fourth-order valence-electron chi connectivity index (χ4n) is 1.41. The summed E-state index contributed by atoms with van der Waals surface area (Å²) in [6.45, 7) is 0. The molecule has 0 saturated heterocycles. The van der Waals surface area contributed by atoms with Crippen molar-refractivity contribution in [2.75, 3.05) is 7.05 Å². The van der Waals surface area contributed by atoms with E-state index >= 15 is 0 Å². The lowest BCUT2D eigenvalue weighted by molar-refractivity contribution is 0.0964. The van der Waals surface area contributed by atoms with Gasteiger partial charge in [0, 0.05) is 18.6 Å². The van der Waals surface area contributed by atoms with Crippen molar-refractivity contribution in [2.24, 2.45) is 0 Å².